The summed E-state index contributed by atoms with van der Waals surface area (Å²) in [7, 11) is 0. The fraction of sp³-hybridized carbons (Fsp3) is 0.600. The van der Waals surface area contributed by atoms with Gasteiger partial charge in [0, 0.05) is 25.4 Å². The quantitative estimate of drug-likeness (QED) is 0.807. The molecule has 148 valence electrons. The van der Waals surface area contributed by atoms with Gasteiger partial charge in [0.05, 0.1) is 16.5 Å². The molecule has 7 heteroatoms. The van der Waals surface area contributed by atoms with Crippen molar-refractivity contribution in [1.82, 2.24) is 15.5 Å². The fourth-order valence-electron chi connectivity index (χ4n) is 3.49. The maximum absolute atomic E-state index is 13.9. The number of carbonyl (C=O) groups is 2. The molecule has 0 saturated carbocycles. The predicted molar refractivity (Wildman–Crippen MR) is 106 cm³/mol. The average molecular weight is 394 g/mol. The van der Waals surface area contributed by atoms with E-state index in [1.165, 1.54) is 12.1 Å². The first kappa shape index (κ1) is 20.1. The lowest BCUT2D eigenvalue weighted by Gasteiger charge is -2.39. The summed E-state index contributed by atoms with van der Waals surface area (Å²) in [6.07, 6.45) is 2.56. The van der Waals surface area contributed by atoms with Gasteiger partial charge >= 0.3 is 0 Å². The van der Waals surface area contributed by atoms with Crippen molar-refractivity contribution in [3.63, 3.8) is 0 Å². The Bertz CT molecular complexity index is 692. The SMILES string of the molecule is CCC(C)CNC(=O)C1CSC2(CCN(C(=O)c3ccccc3F)CC2)N1. The predicted octanol–water partition coefficient (Wildman–Crippen LogP) is 2.63. The highest BCUT2D eigenvalue weighted by molar-refractivity contribution is 8.01. The van der Waals surface area contributed by atoms with Crippen LogP contribution in [0.25, 0.3) is 0 Å². The Morgan fingerprint density at radius 3 is 2.74 bits per heavy atom. The Kier molecular flexibility index (Phi) is 6.42. The van der Waals surface area contributed by atoms with Crippen LogP contribution in [-0.2, 0) is 4.79 Å². The summed E-state index contributed by atoms with van der Waals surface area (Å²) < 4.78 is 13.9. The topological polar surface area (TPSA) is 61.4 Å². The molecular formula is C20H28FN3O2S. The minimum Gasteiger partial charge on any atom is -0.354 e. The summed E-state index contributed by atoms with van der Waals surface area (Å²) in [5.41, 5.74) is 0.128. The van der Waals surface area contributed by atoms with E-state index in [0.29, 0.717) is 25.6 Å². The average Bonchev–Trinajstić information content (AvgIpc) is 3.10. The highest BCUT2D eigenvalue weighted by Gasteiger charge is 2.44. The van der Waals surface area contributed by atoms with Crippen LogP contribution in [0.15, 0.2) is 24.3 Å². The van der Waals surface area contributed by atoms with Crippen molar-refractivity contribution in [3.8, 4) is 0 Å². The van der Waals surface area contributed by atoms with E-state index < -0.39 is 5.82 Å². The standard InChI is InChI=1S/C20H28FN3O2S/c1-3-14(2)12-22-18(25)17-13-27-20(23-17)8-10-24(11-9-20)19(26)15-6-4-5-7-16(15)21/h4-7,14,17,23H,3,8-13H2,1-2H3,(H,22,25). The molecule has 2 N–H and O–H groups in total. The number of nitrogens with one attached hydrogen (secondary N) is 2. The number of likely N-dealkylation sites (tertiary alicyclic amines) is 1. The van der Waals surface area contributed by atoms with Gasteiger partial charge in [-0.05, 0) is 30.9 Å². The van der Waals surface area contributed by atoms with Crippen molar-refractivity contribution >= 4 is 23.6 Å². The van der Waals surface area contributed by atoms with Gasteiger partial charge in [-0.25, -0.2) is 4.39 Å². The molecule has 2 atom stereocenters. The Morgan fingerprint density at radius 2 is 2.07 bits per heavy atom. The van der Waals surface area contributed by atoms with Gasteiger partial charge in [0.15, 0.2) is 0 Å². The van der Waals surface area contributed by atoms with Gasteiger partial charge in [-0.3, -0.25) is 14.9 Å². The van der Waals surface area contributed by atoms with Crippen LogP contribution >= 0.6 is 11.8 Å². The second-order valence-corrected chi connectivity index (χ2v) is 8.94. The van der Waals surface area contributed by atoms with Crippen molar-refractivity contribution < 1.29 is 14.0 Å². The molecule has 5 nitrogen and oxygen atoms in total. The Balaban J connectivity index is 1.52. The summed E-state index contributed by atoms with van der Waals surface area (Å²) in [4.78, 5) is 26.5. The normalized spacial score (nSPS) is 22.6. The first-order valence-electron chi connectivity index (χ1n) is 9.67. The summed E-state index contributed by atoms with van der Waals surface area (Å²) in [5.74, 6) is 0.547. The molecule has 3 rings (SSSR count). The lowest BCUT2D eigenvalue weighted by Crippen LogP contribution is -2.54. The van der Waals surface area contributed by atoms with E-state index in [1.807, 2.05) is 0 Å². The lowest BCUT2D eigenvalue weighted by atomic mass is 10.0. The van der Waals surface area contributed by atoms with E-state index in [4.69, 9.17) is 0 Å². The molecule has 2 aliphatic rings. The van der Waals surface area contributed by atoms with Gasteiger partial charge < -0.3 is 10.2 Å². The maximum Gasteiger partial charge on any atom is 0.256 e. The number of hydrogen-bond donors (Lipinski definition) is 2. The van der Waals surface area contributed by atoms with Crippen molar-refractivity contribution in [1.29, 1.82) is 0 Å². The van der Waals surface area contributed by atoms with Crippen LogP contribution in [0.3, 0.4) is 0 Å². The smallest absolute Gasteiger partial charge is 0.256 e. The molecule has 1 aromatic carbocycles. The van der Waals surface area contributed by atoms with Gasteiger partial charge in [-0.15, -0.1) is 11.8 Å². The number of nitrogens with zero attached hydrogens (tertiary/aromatic N) is 1. The number of halogens is 1. The molecule has 1 spiro atoms. The molecule has 0 radical (unpaired) electrons. The number of hydrogen-bond acceptors (Lipinski definition) is 4. The number of thioether (sulfide) groups is 1. The fourth-order valence-corrected chi connectivity index (χ4v) is 4.91. The van der Waals surface area contributed by atoms with Gasteiger partial charge in [-0.2, -0.15) is 0 Å². The van der Waals surface area contributed by atoms with Crippen LogP contribution in [0, 0.1) is 11.7 Å². The van der Waals surface area contributed by atoms with Crippen molar-refractivity contribution in [2.75, 3.05) is 25.4 Å². The van der Waals surface area contributed by atoms with E-state index >= 15 is 0 Å². The van der Waals surface area contributed by atoms with Crippen LogP contribution in [0.5, 0.6) is 0 Å². The summed E-state index contributed by atoms with van der Waals surface area (Å²) in [6, 6.07) is 5.92. The molecule has 2 unspecified atom stereocenters. The number of carbonyl (C=O) groups excluding carboxylic acids is 2. The van der Waals surface area contributed by atoms with Gasteiger partial charge in [0.25, 0.3) is 5.91 Å². The van der Waals surface area contributed by atoms with E-state index in [-0.39, 0.29) is 28.3 Å². The molecule has 2 amide bonds. The number of benzene rings is 1. The largest absolute Gasteiger partial charge is 0.354 e. The molecule has 2 fully saturated rings. The van der Waals surface area contributed by atoms with Crippen LogP contribution < -0.4 is 10.6 Å². The Morgan fingerprint density at radius 1 is 1.37 bits per heavy atom. The van der Waals surface area contributed by atoms with Crippen LogP contribution in [0.4, 0.5) is 4.39 Å². The minimum absolute atomic E-state index is 0.0598. The summed E-state index contributed by atoms with van der Waals surface area (Å²) in [5, 5.41) is 6.53. The molecule has 0 aliphatic carbocycles. The molecule has 2 heterocycles. The van der Waals surface area contributed by atoms with Crippen molar-refractivity contribution in [2.45, 2.75) is 44.0 Å². The molecule has 2 aliphatic heterocycles. The zero-order chi connectivity index (χ0) is 19.4. The second kappa shape index (κ2) is 8.61. The van der Waals surface area contributed by atoms with Gasteiger partial charge in [0.2, 0.25) is 5.91 Å². The lowest BCUT2D eigenvalue weighted by molar-refractivity contribution is -0.122. The molecular weight excluding hydrogens is 365 g/mol. The molecule has 1 aromatic rings. The van der Waals surface area contributed by atoms with E-state index in [9.17, 15) is 14.0 Å². The third-order valence-electron chi connectivity index (χ3n) is 5.56. The monoisotopic (exact) mass is 393 g/mol. The third kappa shape index (κ3) is 4.63. The third-order valence-corrected chi connectivity index (χ3v) is 7.14. The van der Waals surface area contributed by atoms with E-state index in [0.717, 1.165) is 25.0 Å². The van der Waals surface area contributed by atoms with Crippen LogP contribution in [-0.4, -0.2) is 53.0 Å². The van der Waals surface area contributed by atoms with Crippen molar-refractivity contribution in [2.24, 2.45) is 5.92 Å². The molecule has 0 aromatic heterocycles. The van der Waals surface area contributed by atoms with Crippen LogP contribution in [0.2, 0.25) is 0 Å². The molecule has 0 bridgehead atoms. The van der Waals surface area contributed by atoms with Gasteiger partial charge in [-0.1, -0.05) is 32.4 Å². The highest BCUT2D eigenvalue weighted by Crippen LogP contribution is 2.39. The second-order valence-electron chi connectivity index (χ2n) is 7.53. The number of rotatable bonds is 5. The maximum atomic E-state index is 13.9. The van der Waals surface area contributed by atoms with Crippen LogP contribution in [0.1, 0.15) is 43.5 Å². The molecule has 2 saturated heterocycles. The number of amides is 2. The first-order valence-corrected chi connectivity index (χ1v) is 10.7. The van der Waals surface area contributed by atoms with E-state index in [1.54, 1.807) is 28.8 Å². The minimum atomic E-state index is -0.478. The summed E-state index contributed by atoms with van der Waals surface area (Å²) in [6.45, 7) is 6.08. The molecule has 27 heavy (non-hydrogen) atoms. The first-order chi connectivity index (χ1) is 12.9. The highest BCUT2D eigenvalue weighted by atomic mass is 32.2. The Labute approximate surface area is 164 Å². The van der Waals surface area contributed by atoms with E-state index in [2.05, 4.69) is 24.5 Å². The van der Waals surface area contributed by atoms with Crippen molar-refractivity contribution in [3.05, 3.63) is 35.6 Å². The Hall–Kier alpha value is -1.60. The zero-order valence-corrected chi connectivity index (χ0v) is 16.8. The number of piperidine rings is 1. The van der Waals surface area contributed by atoms with Gasteiger partial charge in [0.1, 0.15) is 5.82 Å². The zero-order valence-electron chi connectivity index (χ0n) is 16.0. The summed E-state index contributed by atoms with van der Waals surface area (Å²) >= 11 is 1.77.